The molecule has 1 aromatic heterocycles. The van der Waals surface area contributed by atoms with E-state index in [9.17, 15) is 9.18 Å². The molecule has 1 saturated heterocycles. The van der Waals surface area contributed by atoms with Crippen LogP contribution < -0.4 is 5.32 Å². The molecule has 1 aliphatic heterocycles. The number of carbonyl (C=O) groups is 1. The number of carbonyl (C=O) groups excluding carboxylic acids is 1. The van der Waals surface area contributed by atoms with Crippen LogP contribution in [0, 0.1) is 11.7 Å². The van der Waals surface area contributed by atoms with Crippen LogP contribution in [-0.4, -0.2) is 41.5 Å². The van der Waals surface area contributed by atoms with E-state index in [1.165, 1.54) is 12.3 Å². The summed E-state index contributed by atoms with van der Waals surface area (Å²) in [5.41, 5.74) is 0.0636. The van der Waals surface area contributed by atoms with Crippen LogP contribution in [0.1, 0.15) is 30.6 Å². The van der Waals surface area contributed by atoms with Crippen LogP contribution in [0.25, 0.3) is 0 Å². The molecule has 1 atom stereocenters. The Kier molecular flexibility index (Phi) is 4.47. The molecule has 1 unspecified atom stereocenters. The van der Waals surface area contributed by atoms with E-state index in [1.54, 1.807) is 0 Å². The van der Waals surface area contributed by atoms with Gasteiger partial charge in [-0.15, -0.1) is 0 Å². The molecule has 0 radical (unpaired) electrons. The normalized spacial score (nSPS) is 19.9. The minimum atomic E-state index is -0.574. The van der Waals surface area contributed by atoms with Gasteiger partial charge in [0.2, 0.25) is 0 Å². The van der Waals surface area contributed by atoms with Crippen molar-refractivity contribution in [3.8, 4) is 0 Å². The Morgan fingerprint density at radius 2 is 2.42 bits per heavy atom. The number of hydrogen-bond donors (Lipinski definition) is 1. The molecule has 0 aliphatic carbocycles. The molecule has 1 aromatic rings. The number of nitrogens with one attached hydrogen (secondary N) is 1. The Labute approximate surface area is 113 Å². The Balaban J connectivity index is 1.84. The van der Waals surface area contributed by atoms with Crippen LogP contribution in [0.5, 0.6) is 0 Å². The maximum absolute atomic E-state index is 13.4. The largest absolute Gasteiger partial charge is 0.352 e. The van der Waals surface area contributed by atoms with Gasteiger partial charge in [0.05, 0.1) is 11.8 Å². The van der Waals surface area contributed by atoms with Gasteiger partial charge in [0.1, 0.15) is 0 Å². The first-order chi connectivity index (χ1) is 9.08. The zero-order chi connectivity index (χ0) is 13.8. The molecule has 1 N–H and O–H groups in total. The Bertz CT molecular complexity index is 450. The minimum Gasteiger partial charge on any atom is -0.352 e. The van der Waals surface area contributed by atoms with Gasteiger partial charge < -0.3 is 10.2 Å². The number of rotatable bonds is 4. The second-order valence-electron chi connectivity index (χ2n) is 5.31. The molecule has 19 heavy (non-hydrogen) atoms. The van der Waals surface area contributed by atoms with Gasteiger partial charge in [-0.1, -0.05) is 0 Å². The summed E-state index contributed by atoms with van der Waals surface area (Å²) in [6.07, 6.45) is 3.57. The second-order valence-corrected chi connectivity index (χ2v) is 5.31. The van der Waals surface area contributed by atoms with Gasteiger partial charge in [-0.25, -0.2) is 4.39 Å². The molecule has 2 heterocycles. The predicted octanol–water partition coefficient (Wildman–Crippen LogP) is 1.68. The summed E-state index contributed by atoms with van der Waals surface area (Å²) < 4.78 is 13.4. The smallest absolute Gasteiger partial charge is 0.254 e. The first kappa shape index (κ1) is 13.9. The van der Waals surface area contributed by atoms with Gasteiger partial charge in [0, 0.05) is 25.3 Å². The lowest BCUT2D eigenvalue weighted by atomic mass is 10.1. The van der Waals surface area contributed by atoms with E-state index in [0.717, 1.165) is 25.7 Å². The van der Waals surface area contributed by atoms with Gasteiger partial charge >= 0.3 is 0 Å². The third-order valence-corrected chi connectivity index (χ3v) is 3.62. The van der Waals surface area contributed by atoms with Crippen molar-refractivity contribution in [2.45, 2.75) is 26.3 Å². The van der Waals surface area contributed by atoms with Crippen LogP contribution in [0.4, 0.5) is 4.39 Å². The molecule has 1 fully saturated rings. The van der Waals surface area contributed by atoms with Crippen LogP contribution in [0.15, 0.2) is 18.5 Å². The number of aromatic nitrogens is 1. The summed E-state index contributed by atoms with van der Waals surface area (Å²) >= 11 is 0. The third-order valence-electron chi connectivity index (χ3n) is 3.62. The topological polar surface area (TPSA) is 45.2 Å². The van der Waals surface area contributed by atoms with Crippen molar-refractivity contribution in [2.24, 2.45) is 5.92 Å². The molecule has 104 valence electrons. The molecule has 1 aliphatic rings. The first-order valence-corrected chi connectivity index (χ1v) is 6.69. The molecular weight excluding hydrogens is 245 g/mol. The van der Waals surface area contributed by atoms with Crippen LogP contribution in [0.2, 0.25) is 0 Å². The number of likely N-dealkylation sites (tertiary alicyclic amines) is 1. The maximum atomic E-state index is 13.4. The minimum absolute atomic E-state index is 0.0636. The van der Waals surface area contributed by atoms with E-state index in [0.29, 0.717) is 18.5 Å². The number of nitrogens with zero attached hydrogens (tertiary/aromatic N) is 2. The second kappa shape index (κ2) is 6.10. The zero-order valence-corrected chi connectivity index (χ0v) is 11.4. The molecule has 0 bridgehead atoms. The fraction of sp³-hybridized carbons (Fsp3) is 0.571. The van der Waals surface area contributed by atoms with E-state index >= 15 is 0 Å². The molecule has 4 nitrogen and oxygen atoms in total. The lowest BCUT2D eigenvalue weighted by Crippen LogP contribution is -2.33. The monoisotopic (exact) mass is 265 g/mol. The quantitative estimate of drug-likeness (QED) is 0.901. The Hall–Kier alpha value is -1.49. The summed E-state index contributed by atoms with van der Waals surface area (Å²) in [5, 5.41) is 2.81. The van der Waals surface area contributed by atoms with Crippen molar-refractivity contribution in [3.05, 3.63) is 29.8 Å². The van der Waals surface area contributed by atoms with Crippen molar-refractivity contribution in [1.29, 1.82) is 0 Å². The third kappa shape index (κ3) is 3.50. The molecule has 0 saturated carbocycles. The predicted molar refractivity (Wildman–Crippen MR) is 71.3 cm³/mol. The zero-order valence-electron chi connectivity index (χ0n) is 11.4. The van der Waals surface area contributed by atoms with Crippen LogP contribution in [-0.2, 0) is 0 Å². The molecule has 5 heteroatoms. The SMILES string of the molecule is CC(C)N1CCC(CNC(=O)c2ccncc2F)C1. The summed E-state index contributed by atoms with van der Waals surface area (Å²) in [7, 11) is 0. The highest BCUT2D eigenvalue weighted by Crippen LogP contribution is 2.17. The van der Waals surface area contributed by atoms with E-state index in [-0.39, 0.29) is 11.5 Å². The molecule has 0 spiro atoms. The molecule has 1 amide bonds. The van der Waals surface area contributed by atoms with Gasteiger partial charge in [-0.05, 0) is 38.8 Å². The Morgan fingerprint density at radius 3 is 3.05 bits per heavy atom. The highest BCUT2D eigenvalue weighted by Gasteiger charge is 2.24. The maximum Gasteiger partial charge on any atom is 0.254 e. The van der Waals surface area contributed by atoms with E-state index in [1.807, 2.05) is 0 Å². The van der Waals surface area contributed by atoms with Gasteiger partial charge in [-0.2, -0.15) is 0 Å². The van der Waals surface area contributed by atoms with Crippen molar-refractivity contribution in [1.82, 2.24) is 15.2 Å². The average molecular weight is 265 g/mol. The number of halogens is 1. The number of amides is 1. The van der Waals surface area contributed by atoms with E-state index in [4.69, 9.17) is 0 Å². The molecule has 2 rings (SSSR count). The van der Waals surface area contributed by atoms with Crippen molar-refractivity contribution in [2.75, 3.05) is 19.6 Å². The number of hydrogen-bond acceptors (Lipinski definition) is 3. The van der Waals surface area contributed by atoms with Gasteiger partial charge in [0.15, 0.2) is 5.82 Å². The molecular formula is C14H20FN3O. The Morgan fingerprint density at radius 1 is 1.63 bits per heavy atom. The van der Waals surface area contributed by atoms with Crippen molar-refractivity contribution < 1.29 is 9.18 Å². The standard InChI is InChI=1S/C14H20FN3O/c1-10(2)18-6-4-11(9-18)7-17-14(19)12-3-5-16-8-13(12)15/h3,5,8,10-11H,4,6-7,9H2,1-2H3,(H,17,19). The highest BCUT2D eigenvalue weighted by atomic mass is 19.1. The molecule has 0 aromatic carbocycles. The van der Waals surface area contributed by atoms with Gasteiger partial charge in [-0.3, -0.25) is 9.78 Å². The van der Waals surface area contributed by atoms with E-state index < -0.39 is 5.82 Å². The summed E-state index contributed by atoms with van der Waals surface area (Å²) in [6.45, 7) is 7.02. The fourth-order valence-electron chi connectivity index (χ4n) is 2.39. The van der Waals surface area contributed by atoms with Crippen molar-refractivity contribution in [3.63, 3.8) is 0 Å². The first-order valence-electron chi connectivity index (χ1n) is 6.69. The summed E-state index contributed by atoms with van der Waals surface area (Å²) in [6, 6.07) is 1.94. The van der Waals surface area contributed by atoms with Crippen molar-refractivity contribution >= 4 is 5.91 Å². The van der Waals surface area contributed by atoms with Gasteiger partial charge in [0.25, 0.3) is 5.91 Å². The summed E-state index contributed by atoms with van der Waals surface area (Å²) in [5.74, 6) is -0.477. The lowest BCUT2D eigenvalue weighted by molar-refractivity contribution is 0.0943. The highest BCUT2D eigenvalue weighted by molar-refractivity contribution is 5.94. The summed E-state index contributed by atoms with van der Waals surface area (Å²) in [4.78, 5) is 17.9. The fourth-order valence-corrected chi connectivity index (χ4v) is 2.39. The average Bonchev–Trinajstić information content (AvgIpc) is 2.85. The van der Waals surface area contributed by atoms with Crippen LogP contribution >= 0.6 is 0 Å². The number of pyridine rings is 1. The lowest BCUT2D eigenvalue weighted by Gasteiger charge is -2.20. The van der Waals surface area contributed by atoms with E-state index in [2.05, 4.69) is 29.0 Å². The van der Waals surface area contributed by atoms with Crippen LogP contribution in [0.3, 0.4) is 0 Å².